The molecule has 2 aromatic carbocycles. The maximum atomic E-state index is 13.3. The van der Waals surface area contributed by atoms with Gasteiger partial charge in [-0.15, -0.1) is 0 Å². The average molecular weight is 385 g/mol. The van der Waals surface area contributed by atoms with E-state index in [-0.39, 0.29) is 0 Å². The van der Waals surface area contributed by atoms with Crippen LogP contribution in [0, 0.1) is 5.92 Å². The van der Waals surface area contributed by atoms with Gasteiger partial charge in [0.1, 0.15) is 0 Å². The van der Waals surface area contributed by atoms with Gasteiger partial charge in [-0.25, -0.2) is 8.42 Å². The Labute approximate surface area is 162 Å². The van der Waals surface area contributed by atoms with E-state index in [1.807, 2.05) is 28.6 Å². The molecule has 4 nitrogen and oxygen atoms in total. The molecule has 0 saturated carbocycles. The smallest absolute Gasteiger partial charge is 0.244 e. The van der Waals surface area contributed by atoms with Gasteiger partial charge in [0.2, 0.25) is 10.0 Å². The van der Waals surface area contributed by atoms with Crippen molar-refractivity contribution in [3.05, 3.63) is 65.7 Å². The lowest BCUT2D eigenvalue weighted by Gasteiger charge is -2.34. The summed E-state index contributed by atoms with van der Waals surface area (Å²) in [4.78, 5) is 2.91. The van der Waals surface area contributed by atoms with Gasteiger partial charge in [0.15, 0.2) is 0 Å². The molecule has 0 N–H and O–H groups in total. The van der Waals surface area contributed by atoms with Crippen LogP contribution in [-0.4, -0.2) is 37.3 Å². The Balaban J connectivity index is 1.68. The van der Waals surface area contributed by atoms with Crippen LogP contribution in [0.1, 0.15) is 37.8 Å². The van der Waals surface area contributed by atoms with E-state index in [0.717, 1.165) is 38.0 Å². The number of likely N-dealkylation sites (tertiary alicyclic amines) is 1. The molecule has 0 amide bonds. The zero-order valence-electron chi connectivity index (χ0n) is 16.1. The highest BCUT2D eigenvalue weighted by atomic mass is 32.2. The highest BCUT2D eigenvalue weighted by Crippen LogP contribution is 2.49. The van der Waals surface area contributed by atoms with Gasteiger partial charge in [0.25, 0.3) is 0 Å². The molecule has 1 atom stereocenters. The van der Waals surface area contributed by atoms with Gasteiger partial charge in [0, 0.05) is 26.2 Å². The number of benzene rings is 2. The molecule has 0 radical (unpaired) electrons. The number of rotatable bonds is 5. The van der Waals surface area contributed by atoms with Crippen molar-refractivity contribution >= 4 is 10.0 Å². The highest BCUT2D eigenvalue weighted by molar-refractivity contribution is 7.89. The van der Waals surface area contributed by atoms with Crippen LogP contribution in [0.2, 0.25) is 0 Å². The standard InChI is InChI=1S/C22H28N2O2S/c1-18(2)12-14-24-22(20-10-6-7-11-21(20)27(24,25)26)13-15-23(17-22)16-19-8-4-3-5-9-19/h3-11,18H,12-17H2,1-2H3/t22-/m0/s1. The predicted molar refractivity (Wildman–Crippen MR) is 108 cm³/mol. The maximum Gasteiger partial charge on any atom is 0.244 e. The lowest BCUT2D eigenvalue weighted by molar-refractivity contribution is 0.184. The minimum atomic E-state index is -3.42. The molecule has 0 aromatic heterocycles. The Morgan fingerprint density at radius 1 is 1.04 bits per heavy atom. The third-order valence-corrected chi connectivity index (χ3v) is 7.94. The van der Waals surface area contributed by atoms with Crippen molar-refractivity contribution in [1.29, 1.82) is 0 Å². The SMILES string of the molecule is CC(C)CCN1[C@]2(CCN(Cc3ccccc3)C2)c2ccccc2S1(=O)=O. The van der Waals surface area contributed by atoms with Crippen LogP contribution in [0.25, 0.3) is 0 Å². The van der Waals surface area contributed by atoms with Crippen molar-refractivity contribution in [2.75, 3.05) is 19.6 Å². The highest BCUT2D eigenvalue weighted by Gasteiger charge is 2.56. The second kappa shape index (κ2) is 7.04. The van der Waals surface area contributed by atoms with Crippen molar-refractivity contribution < 1.29 is 8.42 Å². The van der Waals surface area contributed by atoms with E-state index in [1.54, 1.807) is 6.07 Å². The first-order valence-corrected chi connectivity index (χ1v) is 11.3. The van der Waals surface area contributed by atoms with Gasteiger partial charge in [-0.1, -0.05) is 62.4 Å². The Kier molecular flexibility index (Phi) is 4.87. The van der Waals surface area contributed by atoms with Crippen LogP contribution in [0.3, 0.4) is 0 Å². The van der Waals surface area contributed by atoms with Crippen LogP contribution in [-0.2, 0) is 22.1 Å². The fraction of sp³-hybridized carbons (Fsp3) is 0.455. The molecule has 27 heavy (non-hydrogen) atoms. The number of hydrogen-bond acceptors (Lipinski definition) is 3. The summed E-state index contributed by atoms with van der Waals surface area (Å²) < 4.78 is 28.5. The molecular weight excluding hydrogens is 356 g/mol. The molecule has 1 fully saturated rings. The van der Waals surface area contributed by atoms with Gasteiger partial charge in [-0.3, -0.25) is 4.90 Å². The van der Waals surface area contributed by atoms with Crippen LogP contribution in [0.4, 0.5) is 0 Å². The molecule has 0 aliphatic carbocycles. The summed E-state index contributed by atoms with van der Waals surface area (Å²) in [6, 6.07) is 18.0. The van der Waals surface area contributed by atoms with Gasteiger partial charge >= 0.3 is 0 Å². The van der Waals surface area contributed by atoms with Crippen molar-refractivity contribution in [3.63, 3.8) is 0 Å². The van der Waals surface area contributed by atoms with E-state index in [1.165, 1.54) is 5.56 Å². The van der Waals surface area contributed by atoms with Crippen LogP contribution >= 0.6 is 0 Å². The molecule has 2 aliphatic rings. The molecule has 2 heterocycles. The normalized spacial score (nSPS) is 24.7. The summed E-state index contributed by atoms with van der Waals surface area (Å²) in [6.45, 7) is 7.43. The van der Waals surface area contributed by atoms with Crippen LogP contribution < -0.4 is 0 Å². The van der Waals surface area contributed by atoms with Crippen LogP contribution in [0.5, 0.6) is 0 Å². The Morgan fingerprint density at radius 3 is 2.48 bits per heavy atom. The van der Waals surface area contributed by atoms with Crippen molar-refractivity contribution in [3.8, 4) is 0 Å². The maximum absolute atomic E-state index is 13.3. The number of hydrogen-bond donors (Lipinski definition) is 0. The quantitative estimate of drug-likeness (QED) is 0.786. The van der Waals surface area contributed by atoms with Gasteiger partial charge < -0.3 is 0 Å². The molecule has 0 unspecified atom stereocenters. The fourth-order valence-electron chi connectivity index (χ4n) is 4.54. The van der Waals surface area contributed by atoms with Crippen molar-refractivity contribution in [1.82, 2.24) is 9.21 Å². The van der Waals surface area contributed by atoms with E-state index in [0.29, 0.717) is 17.4 Å². The Bertz CT molecular complexity index is 911. The fourth-order valence-corrected chi connectivity index (χ4v) is 6.62. The second-order valence-electron chi connectivity index (χ2n) is 8.23. The average Bonchev–Trinajstić information content (AvgIpc) is 3.13. The van der Waals surface area contributed by atoms with Crippen LogP contribution in [0.15, 0.2) is 59.5 Å². The Hall–Kier alpha value is -1.69. The third kappa shape index (κ3) is 3.22. The molecule has 2 aliphatic heterocycles. The Morgan fingerprint density at radius 2 is 1.74 bits per heavy atom. The molecule has 1 saturated heterocycles. The second-order valence-corrected chi connectivity index (χ2v) is 10.1. The first kappa shape index (κ1) is 18.7. The molecule has 0 bridgehead atoms. The monoisotopic (exact) mass is 384 g/mol. The zero-order chi connectivity index (χ0) is 19.1. The van der Waals surface area contributed by atoms with E-state index in [2.05, 4.69) is 43.0 Å². The summed E-state index contributed by atoms with van der Waals surface area (Å²) in [5.74, 6) is 0.475. The number of fused-ring (bicyclic) bond motifs is 2. The topological polar surface area (TPSA) is 40.6 Å². The number of sulfonamides is 1. The molecular formula is C22H28N2O2S. The zero-order valence-corrected chi connectivity index (χ0v) is 17.0. The third-order valence-electron chi connectivity index (χ3n) is 5.92. The van der Waals surface area contributed by atoms with Crippen molar-refractivity contribution in [2.45, 2.75) is 43.7 Å². The lowest BCUT2D eigenvalue weighted by atomic mass is 9.88. The van der Waals surface area contributed by atoms with Gasteiger partial charge in [-0.2, -0.15) is 4.31 Å². The van der Waals surface area contributed by atoms with E-state index in [4.69, 9.17) is 0 Å². The summed E-state index contributed by atoms with van der Waals surface area (Å²) >= 11 is 0. The first-order valence-electron chi connectivity index (χ1n) is 9.82. The van der Waals surface area contributed by atoms with Crippen molar-refractivity contribution in [2.24, 2.45) is 5.92 Å². The summed E-state index contributed by atoms with van der Waals surface area (Å²) in [7, 11) is -3.42. The molecule has 1 spiro atoms. The largest absolute Gasteiger partial charge is 0.297 e. The summed E-state index contributed by atoms with van der Waals surface area (Å²) in [6.07, 6.45) is 1.74. The number of nitrogens with zero attached hydrogens (tertiary/aromatic N) is 2. The predicted octanol–water partition coefficient (Wildman–Crippen LogP) is 3.84. The minimum absolute atomic E-state index is 0.418. The van der Waals surface area contributed by atoms with E-state index < -0.39 is 15.6 Å². The van der Waals surface area contributed by atoms with Gasteiger partial charge in [0.05, 0.1) is 10.4 Å². The first-order chi connectivity index (χ1) is 12.9. The van der Waals surface area contributed by atoms with E-state index >= 15 is 0 Å². The summed E-state index contributed by atoms with van der Waals surface area (Å²) in [5.41, 5.74) is 1.85. The lowest BCUT2D eigenvalue weighted by Crippen LogP contribution is -2.46. The van der Waals surface area contributed by atoms with Gasteiger partial charge in [-0.05, 0) is 36.0 Å². The minimum Gasteiger partial charge on any atom is -0.297 e. The molecule has 4 rings (SSSR count). The summed E-state index contributed by atoms with van der Waals surface area (Å²) in [5, 5.41) is 0. The van der Waals surface area contributed by atoms with E-state index in [9.17, 15) is 8.42 Å². The molecule has 144 valence electrons. The molecule has 5 heteroatoms. The molecule has 2 aromatic rings.